The molecule has 0 saturated heterocycles. The summed E-state index contributed by atoms with van der Waals surface area (Å²) in [5, 5.41) is 3.49. The minimum Gasteiger partial charge on any atom is -0.497 e. The van der Waals surface area contributed by atoms with E-state index < -0.39 is 0 Å². The number of hydrogen-bond donors (Lipinski definition) is 1. The van der Waals surface area contributed by atoms with E-state index in [9.17, 15) is 4.79 Å². The summed E-state index contributed by atoms with van der Waals surface area (Å²) in [7, 11) is 1.61. The molecule has 1 N–H and O–H groups in total. The van der Waals surface area contributed by atoms with E-state index in [1.807, 2.05) is 18.2 Å². The fourth-order valence-electron chi connectivity index (χ4n) is 1.58. The van der Waals surface area contributed by atoms with Gasteiger partial charge in [0.15, 0.2) is 0 Å². The molecule has 0 bridgehead atoms. The molecule has 2 aromatic rings. The second-order valence-corrected chi connectivity index (χ2v) is 3.64. The first-order valence-corrected chi connectivity index (χ1v) is 5.41. The molecule has 0 radical (unpaired) electrons. The number of amides is 1. The Morgan fingerprint density at radius 1 is 1.44 bits per heavy atom. The molecule has 4 nitrogen and oxygen atoms in total. The fraction of sp³-hybridized carbons (Fsp3) is 0.143. The maximum absolute atomic E-state index is 11.7. The van der Waals surface area contributed by atoms with E-state index in [0.29, 0.717) is 5.69 Å². The number of terminal acetylenes is 1. The lowest BCUT2D eigenvalue weighted by atomic mass is 10.2. The molecule has 0 aliphatic heterocycles. The third-order valence-electron chi connectivity index (χ3n) is 2.48. The number of aromatic nitrogens is 1. The van der Waals surface area contributed by atoms with Gasteiger partial charge in [-0.3, -0.25) is 4.79 Å². The number of nitrogens with one attached hydrogen (secondary N) is 1. The van der Waals surface area contributed by atoms with Crippen molar-refractivity contribution < 1.29 is 9.53 Å². The van der Waals surface area contributed by atoms with Gasteiger partial charge in [0, 0.05) is 5.39 Å². The molecule has 0 atom stereocenters. The zero-order chi connectivity index (χ0) is 13.0. The Bertz CT molecular complexity index is 629. The van der Waals surface area contributed by atoms with Crippen LogP contribution in [0.15, 0.2) is 30.3 Å². The number of hydrogen-bond acceptors (Lipinski definition) is 3. The third-order valence-corrected chi connectivity index (χ3v) is 2.48. The molecule has 0 spiro atoms. The number of rotatable bonds is 3. The SMILES string of the molecule is C#CCNC(=O)c1ccc2cc(OC)ccc2n1. The zero-order valence-electron chi connectivity index (χ0n) is 9.93. The van der Waals surface area contributed by atoms with Gasteiger partial charge in [-0.05, 0) is 24.3 Å². The van der Waals surface area contributed by atoms with Crippen molar-refractivity contribution in [2.24, 2.45) is 0 Å². The number of carbonyl (C=O) groups excluding carboxylic acids is 1. The van der Waals surface area contributed by atoms with E-state index in [-0.39, 0.29) is 12.5 Å². The highest BCUT2D eigenvalue weighted by molar-refractivity contribution is 5.95. The van der Waals surface area contributed by atoms with Gasteiger partial charge in [0.25, 0.3) is 5.91 Å². The summed E-state index contributed by atoms with van der Waals surface area (Å²) in [6, 6.07) is 8.97. The normalized spacial score (nSPS) is 9.78. The predicted octanol–water partition coefficient (Wildman–Crippen LogP) is 1.61. The van der Waals surface area contributed by atoms with Crippen LogP contribution in [0.2, 0.25) is 0 Å². The quantitative estimate of drug-likeness (QED) is 0.829. The molecule has 1 aromatic heterocycles. The van der Waals surface area contributed by atoms with Crippen molar-refractivity contribution in [1.29, 1.82) is 0 Å². The average molecular weight is 240 g/mol. The molecule has 0 fully saturated rings. The number of ether oxygens (including phenoxy) is 1. The molecule has 1 heterocycles. The standard InChI is InChI=1S/C14H12N2O2/c1-3-8-15-14(17)13-6-4-10-9-11(18-2)5-7-12(10)16-13/h1,4-7,9H,8H2,2H3,(H,15,17). The van der Waals surface area contributed by atoms with Gasteiger partial charge in [0.1, 0.15) is 11.4 Å². The van der Waals surface area contributed by atoms with Gasteiger partial charge in [-0.1, -0.05) is 12.0 Å². The summed E-state index contributed by atoms with van der Waals surface area (Å²) in [4.78, 5) is 15.9. The Morgan fingerprint density at radius 2 is 2.28 bits per heavy atom. The van der Waals surface area contributed by atoms with Crippen LogP contribution >= 0.6 is 0 Å². The van der Waals surface area contributed by atoms with Crippen molar-refractivity contribution >= 4 is 16.8 Å². The highest BCUT2D eigenvalue weighted by Gasteiger charge is 2.07. The monoisotopic (exact) mass is 240 g/mol. The number of fused-ring (bicyclic) bond motifs is 1. The summed E-state index contributed by atoms with van der Waals surface area (Å²) in [6.07, 6.45) is 5.08. The summed E-state index contributed by atoms with van der Waals surface area (Å²) >= 11 is 0. The van der Waals surface area contributed by atoms with Crippen LogP contribution in [0.4, 0.5) is 0 Å². The smallest absolute Gasteiger partial charge is 0.270 e. The third kappa shape index (κ3) is 2.41. The highest BCUT2D eigenvalue weighted by Crippen LogP contribution is 2.19. The molecule has 0 saturated carbocycles. The molecule has 90 valence electrons. The fourth-order valence-corrected chi connectivity index (χ4v) is 1.58. The van der Waals surface area contributed by atoms with E-state index in [1.165, 1.54) is 0 Å². The first-order valence-electron chi connectivity index (χ1n) is 5.41. The van der Waals surface area contributed by atoms with Gasteiger partial charge in [-0.15, -0.1) is 6.42 Å². The molecular formula is C14H12N2O2. The number of nitrogens with zero attached hydrogens (tertiary/aromatic N) is 1. The van der Waals surface area contributed by atoms with Crippen LogP contribution < -0.4 is 10.1 Å². The van der Waals surface area contributed by atoms with E-state index in [2.05, 4.69) is 16.2 Å². The van der Waals surface area contributed by atoms with E-state index >= 15 is 0 Å². The van der Waals surface area contributed by atoms with Gasteiger partial charge in [-0.25, -0.2) is 4.98 Å². The maximum atomic E-state index is 11.7. The van der Waals surface area contributed by atoms with E-state index in [1.54, 1.807) is 19.2 Å². The van der Waals surface area contributed by atoms with E-state index in [0.717, 1.165) is 16.7 Å². The second-order valence-electron chi connectivity index (χ2n) is 3.64. The topological polar surface area (TPSA) is 51.2 Å². The van der Waals surface area contributed by atoms with Crippen LogP contribution in [-0.2, 0) is 0 Å². The maximum Gasteiger partial charge on any atom is 0.270 e. The van der Waals surface area contributed by atoms with Crippen LogP contribution in [0.25, 0.3) is 10.9 Å². The lowest BCUT2D eigenvalue weighted by Crippen LogP contribution is -2.24. The summed E-state index contributed by atoms with van der Waals surface area (Å²) < 4.78 is 5.12. The average Bonchev–Trinajstić information content (AvgIpc) is 2.43. The predicted molar refractivity (Wildman–Crippen MR) is 69.5 cm³/mol. The first-order chi connectivity index (χ1) is 8.74. The molecular weight excluding hydrogens is 228 g/mol. The van der Waals surface area contributed by atoms with Crippen molar-refractivity contribution in [3.63, 3.8) is 0 Å². The minimum absolute atomic E-state index is 0.196. The van der Waals surface area contributed by atoms with Crippen LogP contribution in [-0.4, -0.2) is 24.5 Å². The zero-order valence-corrected chi connectivity index (χ0v) is 9.93. The molecule has 2 rings (SSSR count). The van der Waals surface area contributed by atoms with Crippen molar-refractivity contribution in [3.05, 3.63) is 36.0 Å². The van der Waals surface area contributed by atoms with Gasteiger partial charge in [-0.2, -0.15) is 0 Å². The van der Waals surface area contributed by atoms with Crippen LogP contribution in [0.1, 0.15) is 10.5 Å². The number of methoxy groups -OCH3 is 1. The van der Waals surface area contributed by atoms with E-state index in [4.69, 9.17) is 11.2 Å². The molecule has 0 aliphatic carbocycles. The summed E-state index contributed by atoms with van der Waals surface area (Å²) in [5.74, 6) is 2.83. The number of pyridine rings is 1. The number of benzene rings is 1. The summed E-state index contributed by atoms with van der Waals surface area (Å²) in [5.41, 5.74) is 1.09. The molecule has 18 heavy (non-hydrogen) atoms. The first kappa shape index (κ1) is 11.9. The van der Waals surface area contributed by atoms with Gasteiger partial charge < -0.3 is 10.1 Å². The van der Waals surface area contributed by atoms with Crippen molar-refractivity contribution in [1.82, 2.24) is 10.3 Å². The second kappa shape index (κ2) is 5.19. The Hall–Kier alpha value is -2.54. The molecule has 1 amide bonds. The molecule has 4 heteroatoms. The lowest BCUT2D eigenvalue weighted by Gasteiger charge is -2.04. The Labute approximate surface area is 105 Å². The Balaban J connectivity index is 2.33. The minimum atomic E-state index is -0.273. The van der Waals surface area contributed by atoms with Gasteiger partial charge in [0.2, 0.25) is 0 Å². The van der Waals surface area contributed by atoms with Crippen molar-refractivity contribution in [2.45, 2.75) is 0 Å². The molecule has 1 aromatic carbocycles. The Morgan fingerprint density at radius 3 is 3.00 bits per heavy atom. The number of carbonyl (C=O) groups is 1. The van der Waals surface area contributed by atoms with Crippen molar-refractivity contribution in [2.75, 3.05) is 13.7 Å². The largest absolute Gasteiger partial charge is 0.497 e. The molecule has 0 aliphatic rings. The summed E-state index contributed by atoms with van der Waals surface area (Å²) in [6.45, 7) is 0.196. The van der Waals surface area contributed by atoms with Crippen molar-refractivity contribution in [3.8, 4) is 18.1 Å². The molecule has 0 unspecified atom stereocenters. The van der Waals surface area contributed by atoms with Crippen LogP contribution in [0, 0.1) is 12.3 Å². The van der Waals surface area contributed by atoms with Crippen LogP contribution in [0.3, 0.4) is 0 Å². The van der Waals surface area contributed by atoms with Crippen LogP contribution in [0.5, 0.6) is 5.75 Å². The Kier molecular flexibility index (Phi) is 3.44. The van der Waals surface area contributed by atoms with Gasteiger partial charge >= 0.3 is 0 Å². The highest BCUT2D eigenvalue weighted by atomic mass is 16.5. The lowest BCUT2D eigenvalue weighted by molar-refractivity contribution is 0.0954. The van der Waals surface area contributed by atoms with Gasteiger partial charge in [0.05, 0.1) is 19.2 Å².